The molecule has 1 heteroatoms. The molecule has 49 heavy (non-hydrogen) atoms. The Hall–Kier alpha value is -6.02. The Balaban J connectivity index is 1.36. The zero-order valence-corrected chi connectivity index (χ0v) is 27.4. The van der Waals surface area contributed by atoms with Crippen LogP contribution in [0.1, 0.15) is 0 Å². The Morgan fingerprint density at radius 2 is 0.633 bits per heavy atom. The molecule has 0 N–H and O–H groups in total. The highest BCUT2D eigenvalue weighted by Gasteiger charge is 2.26. The fourth-order valence-electron chi connectivity index (χ4n) is 8.54. The maximum Gasteiger partial charge on any atom is 0.0434 e. The maximum atomic E-state index is 2.51. The van der Waals surface area contributed by atoms with Crippen LogP contribution in [0.4, 0.5) is 0 Å². The van der Waals surface area contributed by atoms with E-state index in [2.05, 4.69) is 170 Å². The summed E-state index contributed by atoms with van der Waals surface area (Å²) in [5, 5.41) is 10.4. The minimum absolute atomic E-state index is 1.27. The number of thiophene rings is 1. The number of fused-ring (bicyclic) bond motifs is 17. The first-order valence-electron chi connectivity index (χ1n) is 16.9. The fourth-order valence-corrected chi connectivity index (χ4v) is 9.77. The third-order valence-electron chi connectivity index (χ3n) is 10.6. The highest BCUT2D eigenvalue weighted by atomic mass is 32.1. The fraction of sp³-hybridized carbons (Fsp3) is 0. The van der Waals surface area contributed by atoms with Gasteiger partial charge in [0.25, 0.3) is 0 Å². The lowest BCUT2D eigenvalue weighted by atomic mass is 9.77. The molecule has 226 valence electrons. The predicted molar refractivity (Wildman–Crippen MR) is 213 cm³/mol. The smallest absolute Gasteiger partial charge is 0.0434 e. The van der Waals surface area contributed by atoms with Crippen molar-refractivity contribution in [3.8, 4) is 55.6 Å². The highest BCUT2D eigenvalue weighted by molar-refractivity contribution is 7.26. The molecule has 0 bridgehead atoms. The second-order valence-corrected chi connectivity index (χ2v) is 14.2. The van der Waals surface area contributed by atoms with Crippen molar-refractivity contribution in [3.05, 3.63) is 170 Å². The molecule has 1 aromatic heterocycles. The van der Waals surface area contributed by atoms with Crippen LogP contribution in [0.3, 0.4) is 0 Å². The first kappa shape index (κ1) is 27.0. The SMILES string of the molecule is c1ccc2c(c1)-c1ccccc1-c1cccc(-c3cccc4c3sc3ccccc34)c1-c1cc3c4ccccc4c4ccccc4c3cc1-2. The van der Waals surface area contributed by atoms with Gasteiger partial charge in [-0.05, 0) is 101 Å². The van der Waals surface area contributed by atoms with E-state index in [9.17, 15) is 0 Å². The van der Waals surface area contributed by atoms with Gasteiger partial charge in [-0.3, -0.25) is 0 Å². The molecule has 0 unspecified atom stereocenters. The molecule has 0 saturated heterocycles. The summed E-state index contributed by atoms with van der Waals surface area (Å²) in [7, 11) is 0. The zero-order valence-electron chi connectivity index (χ0n) is 26.6. The van der Waals surface area contributed by atoms with E-state index < -0.39 is 0 Å². The zero-order chi connectivity index (χ0) is 32.1. The van der Waals surface area contributed by atoms with Gasteiger partial charge in [-0.15, -0.1) is 11.3 Å². The van der Waals surface area contributed by atoms with E-state index in [1.165, 1.54) is 108 Å². The van der Waals surface area contributed by atoms with E-state index in [4.69, 9.17) is 0 Å². The topological polar surface area (TPSA) is 0 Å². The van der Waals surface area contributed by atoms with Crippen LogP contribution in [0, 0.1) is 0 Å². The summed E-state index contributed by atoms with van der Waals surface area (Å²) in [4.78, 5) is 0. The number of benzene rings is 9. The van der Waals surface area contributed by atoms with Crippen LogP contribution in [0.25, 0.3) is 108 Å². The summed E-state index contributed by atoms with van der Waals surface area (Å²) in [5.41, 5.74) is 12.8. The molecular weight excluding hydrogens is 609 g/mol. The monoisotopic (exact) mass is 636 g/mol. The summed E-state index contributed by atoms with van der Waals surface area (Å²) in [6.45, 7) is 0. The molecular formula is C48H28S. The van der Waals surface area contributed by atoms with Crippen LogP contribution in [0.2, 0.25) is 0 Å². The number of hydrogen-bond acceptors (Lipinski definition) is 1. The largest absolute Gasteiger partial charge is 0.135 e. The lowest BCUT2D eigenvalue weighted by Crippen LogP contribution is -1.99. The van der Waals surface area contributed by atoms with Gasteiger partial charge in [-0.2, -0.15) is 0 Å². The average Bonchev–Trinajstić information content (AvgIpc) is 3.56. The van der Waals surface area contributed by atoms with Crippen LogP contribution in [0.5, 0.6) is 0 Å². The lowest BCUT2D eigenvalue weighted by Gasteiger charge is -2.26. The highest BCUT2D eigenvalue weighted by Crippen LogP contribution is 2.53. The van der Waals surface area contributed by atoms with E-state index in [0.29, 0.717) is 0 Å². The second-order valence-electron chi connectivity index (χ2n) is 13.1. The van der Waals surface area contributed by atoms with E-state index in [-0.39, 0.29) is 0 Å². The molecule has 1 aliphatic rings. The first-order chi connectivity index (χ1) is 24.3. The van der Waals surface area contributed by atoms with E-state index in [0.717, 1.165) is 0 Å². The second kappa shape index (κ2) is 10.2. The Morgan fingerprint density at radius 3 is 1.27 bits per heavy atom. The Labute approximate surface area is 288 Å². The number of rotatable bonds is 1. The van der Waals surface area contributed by atoms with Crippen molar-refractivity contribution in [1.29, 1.82) is 0 Å². The van der Waals surface area contributed by atoms with Crippen molar-refractivity contribution >= 4 is 63.8 Å². The van der Waals surface area contributed by atoms with Crippen LogP contribution >= 0.6 is 11.3 Å². The molecule has 0 radical (unpaired) electrons. The third-order valence-corrected chi connectivity index (χ3v) is 11.9. The summed E-state index contributed by atoms with van der Waals surface area (Å²) in [6.07, 6.45) is 0. The van der Waals surface area contributed by atoms with Crippen LogP contribution in [-0.2, 0) is 0 Å². The summed E-state index contributed by atoms with van der Waals surface area (Å²) in [5.74, 6) is 0. The quantitative estimate of drug-likeness (QED) is 0.157. The van der Waals surface area contributed by atoms with E-state index in [1.54, 1.807) is 0 Å². The first-order valence-corrected chi connectivity index (χ1v) is 17.8. The Kier molecular flexibility index (Phi) is 5.64. The Bertz CT molecular complexity index is 2990. The molecule has 0 aliphatic heterocycles. The van der Waals surface area contributed by atoms with Crippen molar-refractivity contribution in [3.63, 3.8) is 0 Å². The molecule has 10 aromatic rings. The maximum absolute atomic E-state index is 2.51. The average molecular weight is 637 g/mol. The molecule has 0 nitrogen and oxygen atoms in total. The van der Waals surface area contributed by atoms with Gasteiger partial charge in [-0.1, -0.05) is 152 Å². The predicted octanol–water partition coefficient (Wildman–Crippen LogP) is 14.2. The van der Waals surface area contributed by atoms with Gasteiger partial charge in [-0.25, -0.2) is 0 Å². The number of hydrogen-bond donors (Lipinski definition) is 0. The molecule has 9 aromatic carbocycles. The Morgan fingerprint density at radius 1 is 0.245 bits per heavy atom. The summed E-state index contributed by atoms with van der Waals surface area (Å²) >= 11 is 1.90. The van der Waals surface area contributed by atoms with Gasteiger partial charge in [0.1, 0.15) is 0 Å². The molecule has 0 saturated carbocycles. The van der Waals surface area contributed by atoms with E-state index in [1.807, 2.05) is 11.3 Å². The van der Waals surface area contributed by atoms with Crippen molar-refractivity contribution in [2.75, 3.05) is 0 Å². The van der Waals surface area contributed by atoms with Crippen LogP contribution in [0.15, 0.2) is 170 Å². The molecule has 0 amide bonds. The van der Waals surface area contributed by atoms with Crippen molar-refractivity contribution in [2.45, 2.75) is 0 Å². The minimum atomic E-state index is 1.27. The molecule has 1 aliphatic carbocycles. The minimum Gasteiger partial charge on any atom is -0.135 e. The van der Waals surface area contributed by atoms with Gasteiger partial charge in [0.05, 0.1) is 0 Å². The van der Waals surface area contributed by atoms with Crippen LogP contribution < -0.4 is 0 Å². The standard InChI is InChI=1S/C48H28S/c1-5-17-33-29(13-1)30-14-4-8-20-36(30)44-27-42-34-18-6-2-15-31(34)32-16-3-7-19-35(32)43(42)28-45(44)47-38(33)22-11-23-39(47)41-25-12-24-40-37-21-9-10-26-46(37)49-48(40)41/h1-28H. The summed E-state index contributed by atoms with van der Waals surface area (Å²) < 4.78 is 2.67. The van der Waals surface area contributed by atoms with Crippen molar-refractivity contribution < 1.29 is 0 Å². The lowest BCUT2D eigenvalue weighted by molar-refractivity contribution is 1.53. The van der Waals surface area contributed by atoms with Gasteiger partial charge < -0.3 is 0 Å². The van der Waals surface area contributed by atoms with Gasteiger partial charge in [0.2, 0.25) is 0 Å². The van der Waals surface area contributed by atoms with E-state index >= 15 is 0 Å². The third kappa shape index (κ3) is 3.79. The van der Waals surface area contributed by atoms with Crippen molar-refractivity contribution in [2.24, 2.45) is 0 Å². The molecule has 0 fully saturated rings. The molecule has 0 atom stereocenters. The van der Waals surface area contributed by atoms with Crippen molar-refractivity contribution in [1.82, 2.24) is 0 Å². The van der Waals surface area contributed by atoms with Crippen LogP contribution in [-0.4, -0.2) is 0 Å². The molecule has 0 spiro atoms. The summed E-state index contributed by atoms with van der Waals surface area (Å²) in [6, 6.07) is 63.4. The van der Waals surface area contributed by atoms with Gasteiger partial charge >= 0.3 is 0 Å². The van der Waals surface area contributed by atoms with Gasteiger partial charge in [0.15, 0.2) is 0 Å². The van der Waals surface area contributed by atoms with Gasteiger partial charge in [0, 0.05) is 25.7 Å². The molecule has 11 rings (SSSR count). The molecule has 1 heterocycles. The normalized spacial score (nSPS) is 12.1.